The quantitative estimate of drug-likeness (QED) is 0.724. The number of pyridine rings is 1. The number of benzene rings is 1. The first-order chi connectivity index (χ1) is 13.9. The van der Waals surface area contributed by atoms with Crippen LogP contribution in [0.3, 0.4) is 0 Å². The number of alkyl halides is 2. The molecule has 5 rings (SSSR count). The number of hydrogen-bond acceptors (Lipinski definition) is 3. The Bertz CT molecular complexity index is 1140. The number of hydrogen-bond donors (Lipinski definition) is 1. The third-order valence-corrected chi connectivity index (χ3v) is 5.65. The molecule has 4 heterocycles. The van der Waals surface area contributed by atoms with Crippen molar-refractivity contribution in [2.75, 3.05) is 13.1 Å². The highest BCUT2D eigenvalue weighted by atomic mass is 19.3. The van der Waals surface area contributed by atoms with Crippen molar-refractivity contribution < 1.29 is 18.4 Å². The molecule has 8 heteroatoms. The van der Waals surface area contributed by atoms with E-state index in [1.807, 2.05) is 30.3 Å². The van der Waals surface area contributed by atoms with Crippen LogP contribution in [0.15, 0.2) is 42.6 Å². The van der Waals surface area contributed by atoms with Gasteiger partial charge in [0.05, 0.1) is 23.0 Å². The summed E-state index contributed by atoms with van der Waals surface area (Å²) in [4.78, 5) is 26.4. The van der Waals surface area contributed by atoms with Crippen LogP contribution in [0, 0.1) is 0 Å². The predicted molar refractivity (Wildman–Crippen MR) is 102 cm³/mol. The van der Waals surface area contributed by atoms with Crippen LogP contribution in [0.5, 0.6) is 0 Å². The summed E-state index contributed by atoms with van der Waals surface area (Å²) in [6.45, 7) is 0.583. The number of carbonyl (C=O) groups excluding carboxylic acids is 2. The molecule has 1 saturated heterocycles. The molecule has 6 nitrogen and oxygen atoms in total. The van der Waals surface area contributed by atoms with Gasteiger partial charge >= 0.3 is 0 Å². The Morgan fingerprint density at radius 3 is 2.72 bits per heavy atom. The molecule has 0 radical (unpaired) electrons. The number of halogens is 2. The number of carbonyl (C=O) groups is 2. The van der Waals surface area contributed by atoms with Gasteiger partial charge in [-0.25, -0.2) is 13.3 Å². The molecule has 0 atom stereocenters. The predicted octanol–water partition coefficient (Wildman–Crippen LogP) is 3.12. The van der Waals surface area contributed by atoms with Crippen molar-refractivity contribution in [1.82, 2.24) is 19.8 Å². The SMILES string of the molecule is O=C1NCc2ccc(-c3cccc4c(C(=O)N5CCC(F)(F)CC5)cnn34)cc21. The first kappa shape index (κ1) is 17.8. The van der Waals surface area contributed by atoms with Gasteiger partial charge in [0, 0.05) is 43.6 Å². The number of fused-ring (bicyclic) bond motifs is 2. The summed E-state index contributed by atoms with van der Waals surface area (Å²) in [5.41, 5.74) is 4.13. The van der Waals surface area contributed by atoms with Crippen LogP contribution in [0.2, 0.25) is 0 Å². The average Bonchev–Trinajstić information content (AvgIpc) is 3.31. The van der Waals surface area contributed by atoms with Crippen LogP contribution in [0.1, 0.15) is 39.1 Å². The number of nitrogens with one attached hydrogen (secondary N) is 1. The van der Waals surface area contributed by atoms with E-state index in [0.29, 0.717) is 23.2 Å². The normalized spacial score (nSPS) is 18.0. The molecule has 148 valence electrons. The van der Waals surface area contributed by atoms with Gasteiger partial charge in [0.25, 0.3) is 17.7 Å². The van der Waals surface area contributed by atoms with Crippen molar-refractivity contribution >= 4 is 17.3 Å². The number of nitrogens with zero attached hydrogens (tertiary/aromatic N) is 3. The van der Waals surface area contributed by atoms with Crippen LogP contribution in [-0.2, 0) is 6.54 Å². The van der Waals surface area contributed by atoms with Crippen molar-refractivity contribution in [3.63, 3.8) is 0 Å². The molecule has 0 spiro atoms. The van der Waals surface area contributed by atoms with E-state index in [2.05, 4.69) is 10.4 Å². The molecule has 2 amide bonds. The van der Waals surface area contributed by atoms with Gasteiger partial charge in [-0.2, -0.15) is 5.10 Å². The number of amides is 2. The molecule has 0 unspecified atom stereocenters. The number of aromatic nitrogens is 2. The maximum Gasteiger partial charge on any atom is 0.257 e. The molecular weight excluding hydrogens is 378 g/mol. The zero-order chi connectivity index (χ0) is 20.2. The lowest BCUT2D eigenvalue weighted by Crippen LogP contribution is -2.42. The first-order valence-electron chi connectivity index (χ1n) is 9.48. The lowest BCUT2D eigenvalue weighted by molar-refractivity contribution is -0.0494. The lowest BCUT2D eigenvalue weighted by atomic mass is 10.0. The van der Waals surface area contributed by atoms with Crippen molar-refractivity contribution in [3.8, 4) is 11.3 Å². The lowest BCUT2D eigenvalue weighted by Gasteiger charge is -2.31. The molecule has 3 aromatic rings. The van der Waals surface area contributed by atoms with Gasteiger partial charge in [0.2, 0.25) is 0 Å². The number of likely N-dealkylation sites (tertiary alicyclic amines) is 1. The van der Waals surface area contributed by atoms with Crippen LogP contribution in [0.4, 0.5) is 8.78 Å². The fourth-order valence-electron chi connectivity index (χ4n) is 3.97. The van der Waals surface area contributed by atoms with Gasteiger partial charge < -0.3 is 10.2 Å². The van der Waals surface area contributed by atoms with Crippen molar-refractivity contribution in [2.24, 2.45) is 0 Å². The van der Waals surface area contributed by atoms with E-state index in [1.165, 1.54) is 11.1 Å². The Balaban J connectivity index is 1.51. The van der Waals surface area contributed by atoms with Crippen LogP contribution in [-0.4, -0.2) is 45.3 Å². The summed E-state index contributed by atoms with van der Waals surface area (Å²) in [7, 11) is 0. The molecule has 1 fully saturated rings. The number of piperidine rings is 1. The molecule has 1 aromatic carbocycles. The summed E-state index contributed by atoms with van der Waals surface area (Å²) in [6, 6.07) is 11.1. The van der Waals surface area contributed by atoms with Crippen molar-refractivity contribution in [1.29, 1.82) is 0 Å². The van der Waals surface area contributed by atoms with Gasteiger partial charge in [-0.3, -0.25) is 9.59 Å². The molecular formula is C21H18F2N4O2. The minimum Gasteiger partial charge on any atom is -0.348 e. The second kappa shape index (κ2) is 6.37. The van der Waals surface area contributed by atoms with Gasteiger partial charge in [-0.1, -0.05) is 18.2 Å². The van der Waals surface area contributed by atoms with E-state index in [9.17, 15) is 18.4 Å². The Hall–Kier alpha value is -3.29. The summed E-state index contributed by atoms with van der Waals surface area (Å²) in [6.07, 6.45) is 0.842. The minimum absolute atomic E-state index is 0.0306. The summed E-state index contributed by atoms with van der Waals surface area (Å²) < 4.78 is 28.5. The van der Waals surface area contributed by atoms with Gasteiger partial charge in [-0.05, 0) is 23.8 Å². The minimum atomic E-state index is -2.70. The highest BCUT2D eigenvalue weighted by Crippen LogP contribution is 2.30. The second-order valence-electron chi connectivity index (χ2n) is 7.47. The average molecular weight is 396 g/mol. The van der Waals surface area contributed by atoms with E-state index in [4.69, 9.17) is 0 Å². The van der Waals surface area contributed by atoms with E-state index in [1.54, 1.807) is 10.6 Å². The largest absolute Gasteiger partial charge is 0.348 e. The molecule has 29 heavy (non-hydrogen) atoms. The van der Waals surface area contributed by atoms with Crippen LogP contribution in [0.25, 0.3) is 16.8 Å². The molecule has 0 aliphatic carbocycles. The first-order valence-corrected chi connectivity index (χ1v) is 9.48. The second-order valence-corrected chi connectivity index (χ2v) is 7.47. The summed E-state index contributed by atoms with van der Waals surface area (Å²) in [5, 5.41) is 7.17. The van der Waals surface area contributed by atoms with Gasteiger partial charge in [0.15, 0.2) is 0 Å². The van der Waals surface area contributed by atoms with Crippen LogP contribution >= 0.6 is 0 Å². The standard InChI is InChI=1S/C21H18F2N4O2/c22-21(23)6-8-26(9-7-21)20(29)16-12-25-27-17(2-1-3-18(16)27)13-4-5-14-11-24-19(28)15(14)10-13/h1-5,10,12H,6-9,11H2,(H,24,28). The fraction of sp³-hybridized carbons (Fsp3) is 0.286. The Kier molecular flexibility index (Phi) is 3.90. The van der Waals surface area contributed by atoms with Crippen molar-refractivity contribution in [3.05, 3.63) is 59.3 Å². The van der Waals surface area contributed by atoms with E-state index < -0.39 is 5.92 Å². The molecule has 2 aliphatic heterocycles. The van der Waals surface area contributed by atoms with E-state index in [-0.39, 0.29) is 37.7 Å². The smallest absolute Gasteiger partial charge is 0.257 e. The Morgan fingerprint density at radius 2 is 1.93 bits per heavy atom. The monoisotopic (exact) mass is 396 g/mol. The molecule has 1 N–H and O–H groups in total. The van der Waals surface area contributed by atoms with E-state index in [0.717, 1.165) is 16.8 Å². The highest BCUT2D eigenvalue weighted by molar-refractivity contribution is 6.01. The highest BCUT2D eigenvalue weighted by Gasteiger charge is 2.36. The molecule has 2 aliphatic rings. The maximum absolute atomic E-state index is 13.4. The molecule has 2 aromatic heterocycles. The third kappa shape index (κ3) is 2.95. The number of rotatable bonds is 2. The zero-order valence-electron chi connectivity index (χ0n) is 15.5. The maximum atomic E-state index is 13.4. The van der Waals surface area contributed by atoms with Crippen LogP contribution < -0.4 is 5.32 Å². The van der Waals surface area contributed by atoms with Gasteiger partial charge in [-0.15, -0.1) is 0 Å². The summed E-state index contributed by atoms with van der Waals surface area (Å²) >= 11 is 0. The third-order valence-electron chi connectivity index (χ3n) is 5.65. The Labute approximate surface area is 165 Å². The molecule has 0 saturated carbocycles. The van der Waals surface area contributed by atoms with Gasteiger partial charge in [0.1, 0.15) is 0 Å². The van der Waals surface area contributed by atoms with E-state index >= 15 is 0 Å². The topological polar surface area (TPSA) is 66.7 Å². The fourth-order valence-corrected chi connectivity index (χ4v) is 3.97. The zero-order valence-corrected chi connectivity index (χ0v) is 15.5. The Morgan fingerprint density at radius 1 is 1.14 bits per heavy atom. The summed E-state index contributed by atoms with van der Waals surface area (Å²) in [5.74, 6) is -3.10. The van der Waals surface area contributed by atoms with Crippen molar-refractivity contribution in [2.45, 2.75) is 25.3 Å². The molecule has 0 bridgehead atoms.